The van der Waals surface area contributed by atoms with Gasteiger partial charge in [-0.2, -0.15) is 0 Å². The lowest BCUT2D eigenvalue weighted by Crippen LogP contribution is -2.39. The normalized spacial score (nSPS) is 10.8. The van der Waals surface area contributed by atoms with E-state index in [4.69, 9.17) is 0 Å². The Hall–Kier alpha value is -2.15. The van der Waals surface area contributed by atoms with Crippen LogP contribution in [-0.2, 0) is 27.2 Å². The van der Waals surface area contributed by atoms with E-state index in [9.17, 15) is 9.59 Å². The lowest BCUT2D eigenvalue weighted by atomic mass is 10.3. The maximum absolute atomic E-state index is 11.7. The van der Waals surface area contributed by atoms with E-state index in [0.717, 1.165) is 17.7 Å². The molecule has 7 nitrogen and oxygen atoms in total. The van der Waals surface area contributed by atoms with Gasteiger partial charge < -0.3 is 9.88 Å². The molecule has 0 aliphatic carbocycles. The summed E-state index contributed by atoms with van der Waals surface area (Å²) in [7, 11) is 3.13. The van der Waals surface area contributed by atoms with Crippen LogP contribution in [0.15, 0.2) is 34.4 Å². The molecule has 0 aromatic carbocycles. The summed E-state index contributed by atoms with van der Waals surface area (Å²) in [5, 5.41) is 3.20. The Kier molecular flexibility index (Phi) is 3.96. The highest BCUT2D eigenvalue weighted by Gasteiger charge is 2.04. The second kappa shape index (κ2) is 5.66. The topological polar surface area (TPSA) is 73.8 Å². The van der Waals surface area contributed by atoms with Crippen molar-refractivity contribution in [2.24, 2.45) is 14.1 Å². The molecule has 2 aromatic rings. The first-order chi connectivity index (χ1) is 9.09. The molecule has 0 aliphatic rings. The summed E-state index contributed by atoms with van der Waals surface area (Å²) in [5.41, 5.74) is 0.0900. The fourth-order valence-corrected chi connectivity index (χ4v) is 1.79. The monoisotopic (exact) mass is 263 g/mol. The average molecular weight is 263 g/mol. The van der Waals surface area contributed by atoms with Crippen molar-refractivity contribution in [3.8, 4) is 0 Å². The SMILES string of the molecule is Cn1c(CNCCn2ccnc2)cc(=O)n(C)c1=O. The molecule has 0 unspecified atom stereocenters. The van der Waals surface area contributed by atoms with Gasteiger partial charge >= 0.3 is 5.69 Å². The number of rotatable bonds is 5. The second-order valence-corrected chi connectivity index (χ2v) is 4.35. The Morgan fingerprint density at radius 2 is 2.05 bits per heavy atom. The van der Waals surface area contributed by atoms with Crippen molar-refractivity contribution in [2.75, 3.05) is 6.54 Å². The molecule has 0 amide bonds. The molecule has 19 heavy (non-hydrogen) atoms. The zero-order chi connectivity index (χ0) is 13.8. The Balaban J connectivity index is 1.97. The molecule has 2 aromatic heterocycles. The minimum absolute atomic E-state index is 0.283. The van der Waals surface area contributed by atoms with Gasteiger partial charge in [-0.15, -0.1) is 0 Å². The third-order valence-corrected chi connectivity index (χ3v) is 3.04. The predicted molar refractivity (Wildman–Crippen MR) is 70.9 cm³/mol. The molecule has 0 atom stereocenters. The van der Waals surface area contributed by atoms with E-state index in [-0.39, 0.29) is 11.2 Å². The van der Waals surface area contributed by atoms with E-state index in [2.05, 4.69) is 10.3 Å². The number of nitrogens with one attached hydrogen (secondary N) is 1. The van der Waals surface area contributed by atoms with Crippen LogP contribution in [0.2, 0.25) is 0 Å². The van der Waals surface area contributed by atoms with Crippen molar-refractivity contribution in [1.29, 1.82) is 0 Å². The molecule has 1 N–H and O–H groups in total. The summed E-state index contributed by atoms with van der Waals surface area (Å²) in [6.45, 7) is 2.01. The maximum Gasteiger partial charge on any atom is 0.330 e. The van der Waals surface area contributed by atoms with Crippen molar-refractivity contribution < 1.29 is 0 Å². The molecule has 2 heterocycles. The highest BCUT2D eigenvalue weighted by atomic mass is 16.2. The first-order valence-corrected chi connectivity index (χ1v) is 6.02. The van der Waals surface area contributed by atoms with Crippen molar-refractivity contribution in [3.05, 3.63) is 51.3 Å². The standard InChI is InChI=1S/C12H17N5O2/c1-15-10(7-11(18)16(2)12(15)19)8-13-3-5-17-6-4-14-9-17/h4,6-7,9,13H,3,5,8H2,1-2H3. The zero-order valence-corrected chi connectivity index (χ0v) is 11.0. The summed E-state index contributed by atoms with van der Waals surface area (Å²) < 4.78 is 4.52. The number of aromatic nitrogens is 4. The lowest BCUT2D eigenvalue weighted by molar-refractivity contribution is 0.564. The highest BCUT2D eigenvalue weighted by Crippen LogP contribution is 1.90. The van der Waals surface area contributed by atoms with Gasteiger partial charge in [0.2, 0.25) is 0 Å². The molecule has 0 radical (unpaired) electrons. The van der Waals surface area contributed by atoms with Gasteiger partial charge in [-0.1, -0.05) is 0 Å². The van der Waals surface area contributed by atoms with Crippen LogP contribution in [0.1, 0.15) is 5.69 Å². The number of hydrogen-bond donors (Lipinski definition) is 1. The van der Waals surface area contributed by atoms with Crippen LogP contribution in [0.5, 0.6) is 0 Å². The Labute approximate surface area is 110 Å². The molecular weight excluding hydrogens is 246 g/mol. The largest absolute Gasteiger partial charge is 0.336 e. The third kappa shape index (κ3) is 3.00. The molecule has 2 rings (SSSR count). The number of imidazole rings is 1. The first kappa shape index (κ1) is 13.3. The summed E-state index contributed by atoms with van der Waals surface area (Å²) in [4.78, 5) is 27.2. The van der Waals surface area contributed by atoms with Crippen LogP contribution in [-0.4, -0.2) is 25.2 Å². The van der Waals surface area contributed by atoms with Crippen LogP contribution in [0.25, 0.3) is 0 Å². The third-order valence-electron chi connectivity index (χ3n) is 3.04. The minimum Gasteiger partial charge on any atom is -0.336 e. The average Bonchev–Trinajstić information content (AvgIpc) is 2.91. The Morgan fingerprint density at radius 1 is 1.26 bits per heavy atom. The van der Waals surface area contributed by atoms with Gasteiger partial charge in [0.15, 0.2) is 0 Å². The van der Waals surface area contributed by atoms with Crippen LogP contribution in [0.3, 0.4) is 0 Å². The molecule has 0 aliphatic heterocycles. The maximum atomic E-state index is 11.7. The van der Waals surface area contributed by atoms with E-state index in [1.807, 2.05) is 10.8 Å². The van der Waals surface area contributed by atoms with Gasteiger partial charge in [0.05, 0.1) is 6.33 Å². The van der Waals surface area contributed by atoms with Gasteiger partial charge in [0.1, 0.15) is 0 Å². The molecule has 102 valence electrons. The summed E-state index contributed by atoms with van der Waals surface area (Å²) in [5.74, 6) is 0. The van der Waals surface area contributed by atoms with Crippen molar-refractivity contribution >= 4 is 0 Å². The zero-order valence-electron chi connectivity index (χ0n) is 11.0. The molecule has 0 bridgehead atoms. The van der Waals surface area contributed by atoms with Crippen molar-refractivity contribution in [2.45, 2.75) is 13.1 Å². The highest BCUT2D eigenvalue weighted by molar-refractivity contribution is 5.01. The van der Waals surface area contributed by atoms with Crippen LogP contribution in [0.4, 0.5) is 0 Å². The fraction of sp³-hybridized carbons (Fsp3) is 0.417. The van der Waals surface area contributed by atoms with E-state index in [1.165, 1.54) is 17.7 Å². The number of nitrogens with zero attached hydrogens (tertiary/aromatic N) is 4. The summed E-state index contributed by atoms with van der Waals surface area (Å²) >= 11 is 0. The summed E-state index contributed by atoms with van der Waals surface area (Å²) in [6, 6.07) is 1.48. The van der Waals surface area contributed by atoms with E-state index >= 15 is 0 Å². The molecule has 0 fully saturated rings. The number of hydrogen-bond acceptors (Lipinski definition) is 4. The van der Waals surface area contributed by atoms with Gasteiger partial charge in [-0.3, -0.25) is 13.9 Å². The van der Waals surface area contributed by atoms with Crippen LogP contribution in [0, 0.1) is 0 Å². The van der Waals surface area contributed by atoms with Gasteiger partial charge in [-0.25, -0.2) is 9.78 Å². The Bertz CT molecular complexity index is 654. The smallest absolute Gasteiger partial charge is 0.330 e. The first-order valence-electron chi connectivity index (χ1n) is 6.02. The van der Waals surface area contributed by atoms with Gasteiger partial charge in [0.25, 0.3) is 5.56 Å². The molecule has 7 heteroatoms. The second-order valence-electron chi connectivity index (χ2n) is 4.35. The molecular formula is C12H17N5O2. The van der Waals surface area contributed by atoms with E-state index in [0.29, 0.717) is 12.2 Å². The fourth-order valence-electron chi connectivity index (χ4n) is 1.79. The summed E-state index contributed by atoms with van der Waals surface area (Å²) in [6.07, 6.45) is 5.36. The van der Waals surface area contributed by atoms with Crippen LogP contribution >= 0.6 is 0 Å². The van der Waals surface area contributed by atoms with Crippen LogP contribution < -0.4 is 16.6 Å². The van der Waals surface area contributed by atoms with E-state index < -0.39 is 0 Å². The van der Waals surface area contributed by atoms with Crippen molar-refractivity contribution in [3.63, 3.8) is 0 Å². The predicted octanol–water partition coefficient (Wildman–Crippen LogP) is -0.930. The van der Waals surface area contributed by atoms with Gasteiger partial charge in [0, 0.05) is 57.9 Å². The minimum atomic E-state index is -0.307. The van der Waals surface area contributed by atoms with E-state index in [1.54, 1.807) is 19.6 Å². The van der Waals surface area contributed by atoms with Gasteiger partial charge in [-0.05, 0) is 0 Å². The molecule has 0 saturated heterocycles. The molecule has 0 spiro atoms. The quantitative estimate of drug-likeness (QED) is 0.707. The lowest BCUT2D eigenvalue weighted by Gasteiger charge is -2.10. The van der Waals surface area contributed by atoms with Crippen molar-refractivity contribution in [1.82, 2.24) is 24.0 Å². The molecule has 0 saturated carbocycles. The Morgan fingerprint density at radius 3 is 2.74 bits per heavy atom.